The van der Waals surface area contributed by atoms with E-state index >= 15 is 0 Å². The third-order valence-electron chi connectivity index (χ3n) is 0.190. The number of hydrogen-bond acceptors (Lipinski definition) is 0. The third kappa shape index (κ3) is 17.7. The van der Waals surface area contributed by atoms with Crippen molar-refractivity contribution in [1.82, 2.24) is 0 Å². The van der Waals surface area contributed by atoms with Gasteiger partial charge in [-0.15, -0.1) is 69.6 Å². The molecule has 0 nitrogen and oxygen atoms in total. The predicted octanol–water partition coefficient (Wildman–Crippen LogP) is 4.02. The van der Waals surface area contributed by atoms with Crippen LogP contribution in [0.3, 0.4) is 0 Å². The van der Waals surface area contributed by atoms with Crippen molar-refractivity contribution >= 4 is 69.6 Å². The molecule has 0 saturated heterocycles. The summed E-state index contributed by atoms with van der Waals surface area (Å²) in [7, 11) is 0. The quantitative estimate of drug-likeness (QED) is 0.619. The highest BCUT2D eigenvalue weighted by Gasteiger charge is 2.06. The highest BCUT2D eigenvalue weighted by atomic mass is 35.5. The van der Waals surface area contributed by atoms with Gasteiger partial charge >= 0.3 is 0 Å². The molecule has 0 N–H and O–H groups in total. The molecule has 0 aliphatic carbocycles. The molecule has 0 atom stereocenters. The Bertz CT molecular complexity index is 37.6. The Morgan fingerprint density at radius 3 is 0.889 bits per heavy atom. The molecular weight excluding hydrogens is 249 g/mol. The van der Waals surface area contributed by atoms with Crippen LogP contribution in [0.15, 0.2) is 0 Å². The van der Waals surface area contributed by atoms with Gasteiger partial charge in [0.2, 0.25) is 0 Å². The number of hydrogen-bond donors (Lipinski definition) is 0. The van der Waals surface area contributed by atoms with Crippen LogP contribution in [0.4, 0.5) is 0 Å². The van der Waals surface area contributed by atoms with E-state index in [4.69, 9.17) is 69.6 Å². The van der Waals surface area contributed by atoms with E-state index in [-0.39, 0.29) is 5.34 Å². The zero-order valence-corrected chi connectivity index (χ0v) is 8.67. The molecule has 0 saturated carbocycles. The molecule has 0 rings (SSSR count). The minimum Gasteiger partial charge on any atom is -0.109 e. The summed E-state index contributed by atoms with van der Waals surface area (Å²) in [5.41, 5.74) is 0. The number of alkyl halides is 6. The Hall–Kier alpha value is 1.74. The van der Waals surface area contributed by atoms with Crippen LogP contribution in [0, 0.1) is 0 Å². The molecule has 6 heteroatoms. The van der Waals surface area contributed by atoms with Crippen molar-refractivity contribution in [3.63, 3.8) is 0 Å². The van der Waals surface area contributed by atoms with Gasteiger partial charge in [-0.2, -0.15) is 0 Å². The van der Waals surface area contributed by atoms with E-state index in [1.165, 1.54) is 0 Å². The maximum Gasteiger partial charge on any atom is 0.137 e. The van der Waals surface area contributed by atoms with Gasteiger partial charge in [-0.1, -0.05) is 0 Å². The molecule has 0 fully saturated rings. The lowest BCUT2D eigenvalue weighted by atomic mass is 10.9. The zero-order valence-electron chi connectivity index (χ0n) is 4.13. The Labute approximate surface area is 84.3 Å². The van der Waals surface area contributed by atoms with Crippen molar-refractivity contribution in [2.24, 2.45) is 0 Å². The van der Waals surface area contributed by atoms with Crippen LogP contribution in [0.25, 0.3) is 0 Å². The lowest BCUT2D eigenvalue weighted by molar-refractivity contribution is 1.29. The van der Waals surface area contributed by atoms with Crippen molar-refractivity contribution in [2.45, 2.75) is 9.67 Å². The standard InChI is InChI=1S/C2H2Cl4.CH2Cl2/c3-1(4)2(5)6;2-1-3/h1-2H;1H2. The molecular formula is C3H4Cl6. The average molecular weight is 253 g/mol. The fourth-order valence-corrected chi connectivity index (χ4v) is 0. The molecule has 0 aliphatic heterocycles. The molecule has 9 heavy (non-hydrogen) atoms. The predicted molar refractivity (Wildman–Crippen MR) is 47.6 cm³/mol. The van der Waals surface area contributed by atoms with Crippen molar-refractivity contribution in [3.05, 3.63) is 0 Å². The van der Waals surface area contributed by atoms with Crippen LogP contribution in [-0.2, 0) is 0 Å². The monoisotopic (exact) mass is 250 g/mol. The normalized spacial score (nSPS) is 9.33. The van der Waals surface area contributed by atoms with Crippen LogP contribution in [0.5, 0.6) is 0 Å². The van der Waals surface area contributed by atoms with E-state index in [0.29, 0.717) is 0 Å². The molecule has 0 aromatic carbocycles. The van der Waals surface area contributed by atoms with Crippen molar-refractivity contribution in [2.75, 3.05) is 5.34 Å². The van der Waals surface area contributed by atoms with E-state index in [0.717, 1.165) is 0 Å². The van der Waals surface area contributed by atoms with Gasteiger partial charge in [0.15, 0.2) is 0 Å². The lowest BCUT2D eigenvalue weighted by Crippen LogP contribution is -1.96. The van der Waals surface area contributed by atoms with E-state index in [1.807, 2.05) is 0 Å². The molecule has 0 heterocycles. The average Bonchev–Trinajstić information content (AvgIpc) is 1.68. The number of rotatable bonds is 1. The fourth-order valence-electron chi connectivity index (χ4n) is 0. The molecule has 0 aromatic heterocycles. The van der Waals surface area contributed by atoms with Gasteiger partial charge in [-0.3, -0.25) is 0 Å². The Morgan fingerprint density at radius 2 is 0.889 bits per heavy atom. The highest BCUT2D eigenvalue weighted by Crippen LogP contribution is 2.16. The first-order chi connectivity index (χ1) is 4.06. The SMILES string of the molecule is ClC(Cl)C(Cl)Cl.ClCCl. The summed E-state index contributed by atoms with van der Waals surface area (Å²) < 4.78 is 0. The van der Waals surface area contributed by atoms with Gasteiger partial charge in [0, 0.05) is 0 Å². The largest absolute Gasteiger partial charge is 0.137 e. The summed E-state index contributed by atoms with van der Waals surface area (Å²) in [5.74, 6) is 0. The zero-order chi connectivity index (χ0) is 7.86. The maximum atomic E-state index is 5.11. The van der Waals surface area contributed by atoms with Gasteiger partial charge in [0.05, 0.1) is 5.34 Å². The van der Waals surface area contributed by atoms with Crippen LogP contribution >= 0.6 is 69.6 Å². The highest BCUT2D eigenvalue weighted by molar-refractivity contribution is 6.56. The van der Waals surface area contributed by atoms with E-state index in [1.54, 1.807) is 0 Å². The van der Waals surface area contributed by atoms with Gasteiger partial charge in [-0.05, 0) is 0 Å². The van der Waals surface area contributed by atoms with E-state index < -0.39 is 9.67 Å². The maximum absolute atomic E-state index is 5.11. The molecule has 0 spiro atoms. The summed E-state index contributed by atoms with van der Waals surface area (Å²) in [6, 6.07) is 0. The smallest absolute Gasteiger partial charge is 0.109 e. The van der Waals surface area contributed by atoms with Gasteiger partial charge in [-0.25, -0.2) is 0 Å². The fraction of sp³-hybridized carbons (Fsp3) is 1.00. The Kier molecular flexibility index (Phi) is 14.4. The molecule has 0 amide bonds. The molecule has 0 radical (unpaired) electrons. The van der Waals surface area contributed by atoms with Gasteiger partial charge in [0.25, 0.3) is 0 Å². The first kappa shape index (κ1) is 13.3. The van der Waals surface area contributed by atoms with Crippen LogP contribution in [0.1, 0.15) is 0 Å². The van der Waals surface area contributed by atoms with E-state index in [9.17, 15) is 0 Å². The van der Waals surface area contributed by atoms with Gasteiger partial charge in [0.1, 0.15) is 9.67 Å². The van der Waals surface area contributed by atoms with Crippen molar-refractivity contribution in [3.8, 4) is 0 Å². The summed E-state index contributed by atoms with van der Waals surface area (Å²) >= 11 is 30.0. The van der Waals surface area contributed by atoms with Gasteiger partial charge < -0.3 is 0 Å². The van der Waals surface area contributed by atoms with Crippen LogP contribution < -0.4 is 0 Å². The summed E-state index contributed by atoms with van der Waals surface area (Å²) in [6.45, 7) is 0. The molecule has 0 bridgehead atoms. The second-order valence-electron chi connectivity index (χ2n) is 0.770. The first-order valence-corrected chi connectivity index (χ1v) is 4.56. The van der Waals surface area contributed by atoms with E-state index in [2.05, 4.69) is 0 Å². The molecule has 0 aromatic rings. The molecule has 58 valence electrons. The first-order valence-electron chi connectivity index (χ1n) is 1.74. The summed E-state index contributed by atoms with van der Waals surface area (Å²) in [5, 5.41) is 0.194. The second-order valence-corrected chi connectivity index (χ2v) is 3.91. The van der Waals surface area contributed by atoms with Crippen LogP contribution in [-0.4, -0.2) is 15.0 Å². The minimum absolute atomic E-state index is 0.194. The van der Waals surface area contributed by atoms with Crippen molar-refractivity contribution in [1.29, 1.82) is 0 Å². The second kappa shape index (κ2) is 9.74. The Balaban J connectivity index is 0. The molecule has 0 unspecified atom stereocenters. The topological polar surface area (TPSA) is 0 Å². The Morgan fingerprint density at radius 1 is 0.778 bits per heavy atom. The minimum atomic E-state index is -0.673. The van der Waals surface area contributed by atoms with Crippen molar-refractivity contribution < 1.29 is 0 Å². The molecule has 0 aliphatic rings. The third-order valence-corrected chi connectivity index (χ3v) is 1.71. The van der Waals surface area contributed by atoms with Crippen LogP contribution in [0.2, 0.25) is 0 Å². The number of halogens is 6. The summed E-state index contributed by atoms with van der Waals surface area (Å²) in [6.07, 6.45) is 0. The summed E-state index contributed by atoms with van der Waals surface area (Å²) in [4.78, 5) is -1.35. The lowest BCUT2D eigenvalue weighted by Gasteiger charge is -1.95.